The third kappa shape index (κ3) is 2.14. The molecule has 0 bridgehead atoms. The lowest BCUT2D eigenvalue weighted by molar-refractivity contribution is -0.0693. The number of ether oxygens (including phenoxy) is 1. The number of aryl methyl sites for hydroxylation is 1. The lowest BCUT2D eigenvalue weighted by Gasteiger charge is -2.43. The van der Waals surface area contributed by atoms with E-state index in [-0.39, 0.29) is 0 Å². The van der Waals surface area contributed by atoms with Crippen LogP contribution in [0.3, 0.4) is 0 Å². The predicted octanol–water partition coefficient (Wildman–Crippen LogP) is 3.65. The summed E-state index contributed by atoms with van der Waals surface area (Å²) in [6.07, 6.45) is 3.19. The van der Waals surface area contributed by atoms with Crippen molar-refractivity contribution in [2.45, 2.75) is 45.6 Å². The summed E-state index contributed by atoms with van der Waals surface area (Å²) >= 11 is 0. The molecule has 3 atom stereocenters. The summed E-state index contributed by atoms with van der Waals surface area (Å²) < 4.78 is 5.24. The molecule has 0 heterocycles. The molecule has 0 radical (unpaired) electrons. The molecule has 1 N–H and O–H groups in total. The molecule has 2 rings (SSSR count). The van der Waals surface area contributed by atoms with Crippen molar-refractivity contribution in [1.29, 1.82) is 0 Å². The van der Waals surface area contributed by atoms with E-state index in [2.05, 4.69) is 20.8 Å². The summed E-state index contributed by atoms with van der Waals surface area (Å²) in [5, 5.41) is 11.1. The van der Waals surface area contributed by atoms with Crippen LogP contribution in [0.5, 0.6) is 5.75 Å². The van der Waals surface area contributed by atoms with Gasteiger partial charge in [0.15, 0.2) is 0 Å². The van der Waals surface area contributed by atoms with Crippen molar-refractivity contribution in [2.75, 3.05) is 7.11 Å². The maximum Gasteiger partial charge on any atom is 0.119 e. The van der Waals surface area contributed by atoms with E-state index in [0.29, 0.717) is 11.8 Å². The van der Waals surface area contributed by atoms with Gasteiger partial charge in [-0.15, -0.1) is 0 Å². The van der Waals surface area contributed by atoms with E-state index in [4.69, 9.17) is 4.74 Å². The zero-order chi connectivity index (χ0) is 13.3. The topological polar surface area (TPSA) is 29.5 Å². The van der Waals surface area contributed by atoms with Gasteiger partial charge in [0, 0.05) is 0 Å². The van der Waals surface area contributed by atoms with Crippen LogP contribution >= 0.6 is 0 Å². The highest BCUT2D eigenvalue weighted by Crippen LogP contribution is 2.45. The molecular formula is C16H24O2. The van der Waals surface area contributed by atoms with Gasteiger partial charge in [0.25, 0.3) is 0 Å². The monoisotopic (exact) mass is 248 g/mol. The minimum absolute atomic E-state index is 0.304. The van der Waals surface area contributed by atoms with Crippen LogP contribution in [0.4, 0.5) is 0 Å². The molecule has 1 aromatic rings. The second kappa shape index (κ2) is 4.93. The van der Waals surface area contributed by atoms with Gasteiger partial charge in [-0.1, -0.05) is 26.3 Å². The minimum atomic E-state index is -0.673. The van der Waals surface area contributed by atoms with Gasteiger partial charge >= 0.3 is 0 Å². The van der Waals surface area contributed by atoms with Crippen LogP contribution in [0.25, 0.3) is 0 Å². The molecule has 1 saturated carbocycles. The number of benzene rings is 1. The molecule has 1 aliphatic carbocycles. The van der Waals surface area contributed by atoms with E-state index >= 15 is 0 Å². The van der Waals surface area contributed by atoms with E-state index in [1.54, 1.807) is 7.11 Å². The third-order valence-corrected chi connectivity index (χ3v) is 4.72. The molecule has 100 valence electrons. The maximum atomic E-state index is 11.1. The minimum Gasteiger partial charge on any atom is -0.497 e. The fourth-order valence-electron chi connectivity index (χ4n) is 3.27. The lowest BCUT2D eigenvalue weighted by Crippen LogP contribution is -2.40. The van der Waals surface area contributed by atoms with Gasteiger partial charge in [0.05, 0.1) is 12.7 Å². The first-order valence-corrected chi connectivity index (χ1v) is 6.86. The summed E-state index contributed by atoms with van der Waals surface area (Å²) in [4.78, 5) is 0. The second-order valence-corrected chi connectivity index (χ2v) is 5.76. The van der Waals surface area contributed by atoms with Crippen LogP contribution in [0.1, 0.15) is 44.2 Å². The molecule has 0 amide bonds. The van der Waals surface area contributed by atoms with Gasteiger partial charge in [-0.3, -0.25) is 0 Å². The van der Waals surface area contributed by atoms with E-state index in [1.165, 1.54) is 6.42 Å². The number of aliphatic hydroxyl groups is 1. The Morgan fingerprint density at radius 1 is 1.33 bits per heavy atom. The summed E-state index contributed by atoms with van der Waals surface area (Å²) in [5.74, 6) is 1.74. The van der Waals surface area contributed by atoms with Gasteiger partial charge in [-0.05, 0) is 54.9 Å². The summed E-state index contributed by atoms with van der Waals surface area (Å²) in [6.45, 7) is 6.48. The molecule has 2 nitrogen and oxygen atoms in total. The molecular weight excluding hydrogens is 224 g/mol. The Hall–Kier alpha value is -1.02. The van der Waals surface area contributed by atoms with Gasteiger partial charge < -0.3 is 9.84 Å². The number of hydrogen-bond donors (Lipinski definition) is 1. The lowest BCUT2D eigenvalue weighted by atomic mass is 9.67. The molecule has 0 spiro atoms. The Kier molecular flexibility index (Phi) is 3.67. The number of rotatable bonds is 2. The van der Waals surface area contributed by atoms with Crippen LogP contribution in [0.15, 0.2) is 18.2 Å². The second-order valence-electron chi connectivity index (χ2n) is 5.76. The Bertz CT molecular complexity index is 427. The van der Waals surface area contributed by atoms with Gasteiger partial charge in [0.1, 0.15) is 5.75 Å². The van der Waals surface area contributed by atoms with E-state index in [0.717, 1.165) is 29.7 Å². The smallest absolute Gasteiger partial charge is 0.119 e. The molecule has 3 unspecified atom stereocenters. The standard InChI is InChI=1S/C16H24O2/c1-11-6-5-9-16(17,13(11)3)15-8-7-14(18-4)10-12(15)2/h7-8,10-11,13,17H,5-6,9H2,1-4H3. The summed E-state index contributed by atoms with van der Waals surface area (Å²) in [7, 11) is 1.68. The maximum absolute atomic E-state index is 11.1. The quantitative estimate of drug-likeness (QED) is 0.865. The Morgan fingerprint density at radius 3 is 2.67 bits per heavy atom. The Morgan fingerprint density at radius 2 is 2.06 bits per heavy atom. The first-order valence-electron chi connectivity index (χ1n) is 6.86. The molecule has 1 aliphatic rings. The van der Waals surface area contributed by atoms with Gasteiger partial charge in [-0.2, -0.15) is 0 Å². The van der Waals surface area contributed by atoms with Crippen molar-refractivity contribution in [1.82, 2.24) is 0 Å². The average molecular weight is 248 g/mol. The number of methoxy groups -OCH3 is 1. The predicted molar refractivity (Wildman–Crippen MR) is 73.8 cm³/mol. The molecule has 0 aliphatic heterocycles. The average Bonchev–Trinajstić information content (AvgIpc) is 2.35. The molecule has 2 heteroatoms. The van der Waals surface area contributed by atoms with Gasteiger partial charge in [-0.25, -0.2) is 0 Å². The fourth-order valence-corrected chi connectivity index (χ4v) is 3.27. The van der Waals surface area contributed by atoms with Crippen molar-refractivity contribution >= 4 is 0 Å². The third-order valence-electron chi connectivity index (χ3n) is 4.72. The van der Waals surface area contributed by atoms with Crippen molar-refractivity contribution in [3.63, 3.8) is 0 Å². The first kappa shape index (κ1) is 13.4. The van der Waals surface area contributed by atoms with Crippen molar-refractivity contribution < 1.29 is 9.84 Å². The summed E-state index contributed by atoms with van der Waals surface area (Å²) in [5.41, 5.74) is 1.52. The highest BCUT2D eigenvalue weighted by atomic mass is 16.5. The van der Waals surface area contributed by atoms with Gasteiger partial charge in [0.2, 0.25) is 0 Å². The highest BCUT2D eigenvalue weighted by Gasteiger charge is 2.41. The van der Waals surface area contributed by atoms with Crippen LogP contribution in [-0.2, 0) is 5.60 Å². The Balaban J connectivity index is 2.40. The Labute approximate surface area is 110 Å². The van der Waals surface area contributed by atoms with E-state index in [1.807, 2.05) is 18.2 Å². The van der Waals surface area contributed by atoms with Crippen molar-refractivity contribution in [3.05, 3.63) is 29.3 Å². The van der Waals surface area contributed by atoms with E-state index in [9.17, 15) is 5.11 Å². The van der Waals surface area contributed by atoms with Crippen LogP contribution < -0.4 is 4.74 Å². The van der Waals surface area contributed by atoms with Crippen molar-refractivity contribution in [3.8, 4) is 5.75 Å². The molecule has 0 aromatic heterocycles. The van der Waals surface area contributed by atoms with Crippen LogP contribution in [0, 0.1) is 18.8 Å². The molecule has 1 aromatic carbocycles. The molecule has 0 saturated heterocycles. The zero-order valence-corrected chi connectivity index (χ0v) is 11.9. The first-order chi connectivity index (χ1) is 8.49. The highest BCUT2D eigenvalue weighted by molar-refractivity contribution is 5.39. The van der Waals surface area contributed by atoms with Crippen molar-refractivity contribution in [2.24, 2.45) is 11.8 Å². The zero-order valence-electron chi connectivity index (χ0n) is 11.9. The summed E-state index contributed by atoms with van der Waals surface area (Å²) in [6, 6.07) is 5.99. The number of hydrogen-bond acceptors (Lipinski definition) is 2. The normalized spacial score (nSPS) is 32.3. The largest absolute Gasteiger partial charge is 0.497 e. The SMILES string of the molecule is COc1ccc(C2(O)CCCC(C)C2C)c(C)c1. The molecule has 18 heavy (non-hydrogen) atoms. The fraction of sp³-hybridized carbons (Fsp3) is 0.625. The van der Waals surface area contributed by atoms with Crippen LogP contribution in [-0.4, -0.2) is 12.2 Å². The van der Waals surface area contributed by atoms with Crippen LogP contribution in [0.2, 0.25) is 0 Å². The molecule has 1 fully saturated rings. The van der Waals surface area contributed by atoms with E-state index < -0.39 is 5.60 Å².